The minimum Gasteiger partial charge on any atom is -0.462 e. The maximum absolute atomic E-state index is 13.8. The Bertz CT molecular complexity index is 1380. The highest BCUT2D eigenvalue weighted by atomic mass is 19.4. The highest BCUT2D eigenvalue weighted by Gasteiger charge is 2.39. The van der Waals surface area contributed by atoms with E-state index in [0.717, 1.165) is 25.5 Å². The van der Waals surface area contributed by atoms with Crippen LogP contribution < -0.4 is 9.64 Å². The fourth-order valence-corrected chi connectivity index (χ4v) is 5.90. The number of benzene rings is 1. The SMILES string of the molecule is C=C(F)C(=O)N1CCN(c2nc(OC[C@H]3CCCN3C)nc3c2CO[C@H](c2ccccc2C(F)(F)F)C3)C[C@@H]1CC#N. The molecule has 3 aliphatic rings. The molecule has 3 aliphatic heterocycles. The predicted octanol–water partition coefficient (Wildman–Crippen LogP) is 4.20. The molecule has 0 unspecified atom stereocenters. The fraction of sp³-hybridized carbons (Fsp3) is 0.517. The normalized spacial score (nSPS) is 22.9. The summed E-state index contributed by atoms with van der Waals surface area (Å²) in [5.41, 5.74) is 0.378. The average molecular weight is 589 g/mol. The van der Waals surface area contributed by atoms with Gasteiger partial charge in [-0.1, -0.05) is 24.8 Å². The van der Waals surface area contributed by atoms with Gasteiger partial charge in [0.25, 0.3) is 5.91 Å². The zero-order valence-corrected chi connectivity index (χ0v) is 23.2. The molecule has 0 bridgehead atoms. The number of halogens is 4. The van der Waals surface area contributed by atoms with E-state index < -0.39 is 35.6 Å². The van der Waals surface area contributed by atoms with E-state index in [9.17, 15) is 27.6 Å². The molecule has 2 fully saturated rings. The van der Waals surface area contributed by atoms with E-state index in [0.29, 0.717) is 23.7 Å². The number of fused-ring (bicyclic) bond motifs is 1. The lowest BCUT2D eigenvalue weighted by Gasteiger charge is -2.42. The van der Waals surface area contributed by atoms with Gasteiger partial charge in [-0.25, -0.2) is 4.39 Å². The van der Waals surface area contributed by atoms with Crippen molar-refractivity contribution in [2.75, 3.05) is 44.7 Å². The number of carbonyl (C=O) groups is 1. The first kappa shape index (κ1) is 29.7. The van der Waals surface area contributed by atoms with Crippen molar-refractivity contribution >= 4 is 11.7 Å². The summed E-state index contributed by atoms with van der Waals surface area (Å²) < 4.78 is 67.1. The first-order valence-electron chi connectivity index (χ1n) is 13.8. The van der Waals surface area contributed by atoms with E-state index in [-0.39, 0.29) is 56.7 Å². The molecule has 3 atom stereocenters. The standard InChI is InChI=1S/C29H32F4N6O3/c1-18(30)27(40)39-13-12-38(15-19(39)9-10-34)26-22-17-41-25(21-7-3-4-8-23(21)29(31,32)33)14-24(22)35-28(36-26)42-16-20-6-5-11-37(20)2/h3-4,7-8,19-20,25H,1,5-6,9,11-17H2,2H3/t19-,20+,25-/m0/s1. The molecule has 0 saturated carbocycles. The van der Waals surface area contributed by atoms with Gasteiger partial charge in [0.05, 0.1) is 42.5 Å². The number of aromatic nitrogens is 2. The number of piperazine rings is 1. The highest BCUT2D eigenvalue weighted by molar-refractivity contribution is 5.91. The molecule has 2 saturated heterocycles. The van der Waals surface area contributed by atoms with Gasteiger partial charge in [0.2, 0.25) is 0 Å². The van der Waals surface area contributed by atoms with Crippen LogP contribution in [0.5, 0.6) is 6.01 Å². The third-order valence-electron chi connectivity index (χ3n) is 8.15. The van der Waals surface area contributed by atoms with E-state index in [4.69, 9.17) is 9.47 Å². The van der Waals surface area contributed by atoms with Gasteiger partial charge in [0.15, 0.2) is 5.83 Å². The molecule has 9 nitrogen and oxygen atoms in total. The Balaban J connectivity index is 1.47. The number of alkyl halides is 3. The van der Waals surface area contributed by atoms with E-state index in [1.807, 2.05) is 11.9 Å². The van der Waals surface area contributed by atoms with Crippen LogP contribution in [-0.4, -0.2) is 77.6 Å². The van der Waals surface area contributed by atoms with Crippen LogP contribution in [0.15, 0.2) is 36.7 Å². The van der Waals surface area contributed by atoms with Gasteiger partial charge >= 0.3 is 12.2 Å². The lowest BCUT2D eigenvalue weighted by molar-refractivity contribution is -0.139. The summed E-state index contributed by atoms with van der Waals surface area (Å²) in [4.78, 5) is 27.1. The summed E-state index contributed by atoms with van der Waals surface area (Å²) >= 11 is 0. The molecular formula is C29H32F4N6O3. The van der Waals surface area contributed by atoms with Gasteiger partial charge in [-0.3, -0.25) is 4.79 Å². The van der Waals surface area contributed by atoms with E-state index >= 15 is 0 Å². The summed E-state index contributed by atoms with van der Waals surface area (Å²) in [6.45, 7) is 4.94. The maximum atomic E-state index is 13.8. The lowest BCUT2D eigenvalue weighted by Crippen LogP contribution is -2.55. The Morgan fingerprint density at radius 1 is 1.21 bits per heavy atom. The predicted molar refractivity (Wildman–Crippen MR) is 144 cm³/mol. The third kappa shape index (κ3) is 6.19. The Morgan fingerprint density at radius 3 is 2.69 bits per heavy atom. The Hall–Kier alpha value is -3.76. The largest absolute Gasteiger partial charge is 0.462 e. The zero-order chi connectivity index (χ0) is 30.0. The second-order valence-corrected chi connectivity index (χ2v) is 10.8. The molecule has 0 N–H and O–H groups in total. The molecule has 2 aromatic rings. The van der Waals surface area contributed by atoms with Gasteiger partial charge in [0.1, 0.15) is 12.4 Å². The minimum atomic E-state index is -4.55. The number of nitriles is 1. The number of ether oxygens (including phenoxy) is 2. The van der Waals surface area contributed by atoms with E-state index in [2.05, 4.69) is 27.5 Å². The van der Waals surface area contributed by atoms with Gasteiger partial charge in [-0.2, -0.15) is 28.4 Å². The second kappa shape index (κ2) is 12.2. The summed E-state index contributed by atoms with van der Waals surface area (Å²) in [6.07, 6.45) is -3.39. The number of rotatable bonds is 7. The quantitative estimate of drug-likeness (QED) is 0.351. The van der Waals surface area contributed by atoms with Crippen LogP contribution in [0, 0.1) is 11.3 Å². The number of hydrogen-bond donors (Lipinski definition) is 0. The van der Waals surface area contributed by atoms with Gasteiger partial charge in [0, 0.05) is 37.7 Å². The van der Waals surface area contributed by atoms with Gasteiger partial charge < -0.3 is 24.2 Å². The molecule has 42 heavy (non-hydrogen) atoms. The first-order chi connectivity index (χ1) is 20.1. The van der Waals surface area contributed by atoms with Crippen LogP contribution in [0.25, 0.3) is 0 Å². The maximum Gasteiger partial charge on any atom is 0.416 e. The molecule has 0 spiro atoms. The summed E-state index contributed by atoms with van der Waals surface area (Å²) in [5.74, 6) is -1.50. The van der Waals surface area contributed by atoms with Crippen LogP contribution in [0.4, 0.5) is 23.4 Å². The zero-order valence-electron chi connectivity index (χ0n) is 23.2. The van der Waals surface area contributed by atoms with Crippen molar-refractivity contribution in [1.29, 1.82) is 5.26 Å². The number of likely N-dealkylation sites (N-methyl/N-ethyl adjacent to an activating group) is 1. The second-order valence-electron chi connectivity index (χ2n) is 10.8. The van der Waals surface area contributed by atoms with E-state index in [1.165, 1.54) is 17.0 Å². The fourth-order valence-electron chi connectivity index (χ4n) is 5.90. The first-order valence-corrected chi connectivity index (χ1v) is 13.8. The van der Waals surface area contributed by atoms with Crippen molar-refractivity contribution in [2.45, 2.75) is 56.7 Å². The van der Waals surface area contributed by atoms with Crippen molar-refractivity contribution in [3.8, 4) is 12.1 Å². The molecule has 4 heterocycles. The van der Waals surface area contributed by atoms with Crippen molar-refractivity contribution in [2.24, 2.45) is 0 Å². The Labute approximate surface area is 241 Å². The lowest BCUT2D eigenvalue weighted by atomic mass is 9.95. The van der Waals surface area contributed by atoms with Crippen LogP contribution in [-0.2, 0) is 28.7 Å². The summed E-state index contributed by atoms with van der Waals surface area (Å²) in [6, 6.07) is 7.05. The van der Waals surface area contributed by atoms with Crippen molar-refractivity contribution < 1.29 is 31.8 Å². The Kier molecular flexibility index (Phi) is 8.65. The molecule has 0 aliphatic carbocycles. The number of nitrogens with zero attached hydrogens (tertiary/aromatic N) is 6. The third-order valence-corrected chi connectivity index (χ3v) is 8.15. The summed E-state index contributed by atoms with van der Waals surface area (Å²) in [5, 5.41) is 9.39. The van der Waals surface area contributed by atoms with Crippen LogP contribution in [0.2, 0.25) is 0 Å². The van der Waals surface area contributed by atoms with Crippen molar-refractivity contribution in [3.05, 3.63) is 59.1 Å². The topological polar surface area (TPSA) is 94.8 Å². The molecule has 224 valence electrons. The Morgan fingerprint density at radius 2 is 2.00 bits per heavy atom. The molecular weight excluding hydrogens is 556 g/mol. The monoisotopic (exact) mass is 588 g/mol. The van der Waals surface area contributed by atoms with Crippen LogP contribution in [0.1, 0.15) is 47.8 Å². The molecule has 1 amide bonds. The number of anilines is 1. The number of amides is 1. The molecule has 1 aromatic heterocycles. The summed E-state index contributed by atoms with van der Waals surface area (Å²) in [7, 11) is 2.02. The van der Waals surface area contributed by atoms with Gasteiger partial charge in [-0.05, 0) is 38.1 Å². The molecule has 0 radical (unpaired) electrons. The molecule has 13 heteroatoms. The van der Waals surface area contributed by atoms with Crippen molar-refractivity contribution in [3.63, 3.8) is 0 Å². The number of hydrogen-bond acceptors (Lipinski definition) is 8. The number of carbonyl (C=O) groups excluding carboxylic acids is 1. The smallest absolute Gasteiger partial charge is 0.416 e. The average Bonchev–Trinajstić information content (AvgIpc) is 3.39. The molecule has 5 rings (SSSR count). The van der Waals surface area contributed by atoms with E-state index in [1.54, 1.807) is 6.07 Å². The molecule has 1 aromatic carbocycles. The van der Waals surface area contributed by atoms with Crippen molar-refractivity contribution in [1.82, 2.24) is 19.8 Å². The minimum absolute atomic E-state index is 0.0264. The van der Waals surface area contributed by atoms with Crippen LogP contribution >= 0.6 is 0 Å². The highest BCUT2D eigenvalue weighted by Crippen LogP contribution is 2.41. The van der Waals surface area contributed by atoms with Gasteiger partial charge in [-0.15, -0.1) is 0 Å². The number of likely N-dealkylation sites (tertiary alicyclic amines) is 1. The van der Waals surface area contributed by atoms with Crippen LogP contribution in [0.3, 0.4) is 0 Å².